The second-order valence-electron chi connectivity index (χ2n) is 10.3. The van der Waals surface area contributed by atoms with Crippen molar-refractivity contribution >= 4 is 23.8 Å². The van der Waals surface area contributed by atoms with E-state index in [1.54, 1.807) is 27.0 Å². The largest absolute Gasteiger partial charge is 0.444 e. The summed E-state index contributed by atoms with van der Waals surface area (Å²) >= 11 is 0. The van der Waals surface area contributed by atoms with Crippen LogP contribution in [0.1, 0.15) is 72.1 Å². The third kappa shape index (κ3) is 6.07. The van der Waals surface area contributed by atoms with E-state index < -0.39 is 41.1 Å². The Balaban J connectivity index is 1.81. The molecular weight excluding hydrogens is 438 g/mol. The SMILES string of the molecule is CC(C)(C)OC(=O)N[C@H]1CCCCC/C=C\[C@H]2C[C@@]2(C(=O)NC#N)NC(=O)[C@@H]2CCCN2C1=O. The molecule has 0 aromatic rings. The van der Waals surface area contributed by atoms with Gasteiger partial charge in [-0.15, -0.1) is 0 Å². The van der Waals surface area contributed by atoms with E-state index >= 15 is 0 Å². The molecule has 186 valence electrons. The molecule has 2 fully saturated rings. The Bertz CT molecular complexity index is 889. The predicted octanol–water partition coefficient (Wildman–Crippen LogP) is 1.86. The Kier molecular flexibility index (Phi) is 7.85. The molecule has 0 spiro atoms. The number of hydrogen-bond acceptors (Lipinski definition) is 6. The summed E-state index contributed by atoms with van der Waals surface area (Å²) in [5, 5.41) is 16.6. The molecule has 0 unspecified atom stereocenters. The highest BCUT2D eigenvalue weighted by Crippen LogP contribution is 2.45. The minimum Gasteiger partial charge on any atom is -0.444 e. The third-order valence-electron chi connectivity index (χ3n) is 6.50. The van der Waals surface area contributed by atoms with Crippen LogP contribution in [-0.2, 0) is 19.1 Å². The highest BCUT2D eigenvalue weighted by Gasteiger charge is 2.60. The molecule has 0 bridgehead atoms. The Labute approximate surface area is 200 Å². The van der Waals surface area contributed by atoms with Crippen LogP contribution >= 0.6 is 0 Å². The number of ether oxygens (including phenoxy) is 1. The summed E-state index contributed by atoms with van der Waals surface area (Å²) in [4.78, 5) is 53.2. The van der Waals surface area contributed by atoms with E-state index in [0.717, 1.165) is 25.7 Å². The number of rotatable bonds is 2. The molecule has 34 heavy (non-hydrogen) atoms. The second-order valence-corrected chi connectivity index (χ2v) is 10.3. The zero-order valence-corrected chi connectivity index (χ0v) is 20.2. The standard InChI is InChI=1S/C24H35N5O5/c1-23(2,3)34-22(33)27-17-11-8-6-4-5-7-10-16-14-24(16,21(32)26-15-25)28-19(30)18-12-9-13-29(18)20(17)31/h7,10,16-18H,4-6,8-9,11-14H2,1-3H3,(H,26,32)(H,27,33)(H,28,30)/b10-7-/t16-,17-,18-,24+/m0/s1. The average Bonchev–Trinajstić information content (AvgIpc) is 3.21. The Hall–Kier alpha value is -3.09. The first kappa shape index (κ1) is 25.5. The number of nitriles is 1. The van der Waals surface area contributed by atoms with Crippen LogP contribution in [0.3, 0.4) is 0 Å². The van der Waals surface area contributed by atoms with Gasteiger partial charge in [0, 0.05) is 12.5 Å². The number of alkyl carbamates (subject to hydrolysis) is 1. The molecule has 10 nitrogen and oxygen atoms in total. The van der Waals surface area contributed by atoms with Gasteiger partial charge in [0.1, 0.15) is 23.2 Å². The maximum atomic E-state index is 13.5. The molecule has 1 saturated heterocycles. The minimum absolute atomic E-state index is 0.193. The van der Waals surface area contributed by atoms with E-state index in [0.29, 0.717) is 32.2 Å². The van der Waals surface area contributed by atoms with E-state index in [2.05, 4.69) is 16.0 Å². The van der Waals surface area contributed by atoms with Crippen molar-refractivity contribution in [2.45, 2.75) is 95.4 Å². The molecule has 2 aliphatic heterocycles. The van der Waals surface area contributed by atoms with Gasteiger partial charge >= 0.3 is 6.09 Å². The molecular formula is C24H35N5O5. The van der Waals surface area contributed by atoms with E-state index in [4.69, 9.17) is 10.00 Å². The van der Waals surface area contributed by atoms with Gasteiger partial charge in [-0.2, -0.15) is 5.26 Å². The van der Waals surface area contributed by atoms with Crippen LogP contribution in [0, 0.1) is 17.4 Å². The monoisotopic (exact) mass is 473 g/mol. The van der Waals surface area contributed by atoms with Crippen LogP contribution in [0.25, 0.3) is 0 Å². The lowest BCUT2D eigenvalue weighted by molar-refractivity contribution is -0.141. The molecule has 3 N–H and O–H groups in total. The van der Waals surface area contributed by atoms with Gasteiger partial charge in [0.05, 0.1) is 0 Å². The van der Waals surface area contributed by atoms with Gasteiger partial charge < -0.3 is 20.3 Å². The Morgan fingerprint density at radius 1 is 1.21 bits per heavy atom. The van der Waals surface area contributed by atoms with Crippen molar-refractivity contribution in [1.82, 2.24) is 20.9 Å². The number of hydrogen-bond donors (Lipinski definition) is 3. The molecule has 3 aliphatic rings. The lowest BCUT2D eigenvalue weighted by Crippen LogP contribution is -2.57. The van der Waals surface area contributed by atoms with Crippen LogP contribution in [0.5, 0.6) is 0 Å². The molecule has 0 aromatic carbocycles. The van der Waals surface area contributed by atoms with Crippen molar-refractivity contribution in [2.24, 2.45) is 5.92 Å². The van der Waals surface area contributed by atoms with Crippen LogP contribution in [-0.4, -0.2) is 58.5 Å². The zero-order chi connectivity index (χ0) is 24.9. The third-order valence-corrected chi connectivity index (χ3v) is 6.50. The predicted molar refractivity (Wildman–Crippen MR) is 123 cm³/mol. The van der Waals surface area contributed by atoms with Crippen LogP contribution in [0.2, 0.25) is 0 Å². The molecule has 0 aromatic heterocycles. The van der Waals surface area contributed by atoms with E-state index in [1.807, 2.05) is 12.2 Å². The molecule has 4 atom stereocenters. The summed E-state index contributed by atoms with van der Waals surface area (Å²) in [6.07, 6.45) is 10.2. The highest BCUT2D eigenvalue weighted by atomic mass is 16.6. The van der Waals surface area contributed by atoms with E-state index in [-0.39, 0.29) is 11.8 Å². The molecule has 4 amide bonds. The molecule has 3 rings (SSSR count). The second kappa shape index (κ2) is 10.5. The molecule has 1 aliphatic carbocycles. The number of nitrogens with one attached hydrogen (secondary N) is 3. The maximum Gasteiger partial charge on any atom is 0.408 e. The summed E-state index contributed by atoms with van der Waals surface area (Å²) in [6.45, 7) is 5.65. The minimum atomic E-state index is -1.17. The number of fused-ring (bicyclic) bond motifs is 2. The number of carbonyl (C=O) groups excluding carboxylic acids is 4. The first-order valence-electron chi connectivity index (χ1n) is 12.1. The highest BCUT2D eigenvalue weighted by molar-refractivity contribution is 5.98. The average molecular weight is 474 g/mol. The first-order valence-corrected chi connectivity index (χ1v) is 12.1. The quantitative estimate of drug-likeness (QED) is 0.318. The van der Waals surface area contributed by atoms with Gasteiger partial charge in [0.15, 0.2) is 6.19 Å². The fourth-order valence-corrected chi connectivity index (χ4v) is 4.71. The lowest BCUT2D eigenvalue weighted by Gasteiger charge is -2.30. The number of amides is 4. The molecule has 2 heterocycles. The summed E-state index contributed by atoms with van der Waals surface area (Å²) in [5.74, 6) is -1.47. The van der Waals surface area contributed by atoms with Gasteiger partial charge in [0.2, 0.25) is 11.8 Å². The van der Waals surface area contributed by atoms with Crippen LogP contribution in [0.15, 0.2) is 12.2 Å². The topological polar surface area (TPSA) is 141 Å². The van der Waals surface area contributed by atoms with Gasteiger partial charge in [-0.05, 0) is 59.3 Å². The van der Waals surface area contributed by atoms with Crippen LogP contribution < -0.4 is 16.0 Å². The number of nitrogens with zero attached hydrogens (tertiary/aromatic N) is 2. The first-order chi connectivity index (χ1) is 16.1. The van der Waals surface area contributed by atoms with Crippen molar-refractivity contribution in [1.29, 1.82) is 5.26 Å². The number of carbonyl (C=O) groups is 4. The van der Waals surface area contributed by atoms with Gasteiger partial charge in [-0.25, -0.2) is 4.79 Å². The normalized spacial score (nSPS) is 30.9. The summed E-state index contributed by atoms with van der Waals surface area (Å²) in [6, 6.07) is -1.54. The fourth-order valence-electron chi connectivity index (χ4n) is 4.71. The van der Waals surface area contributed by atoms with E-state index in [1.165, 1.54) is 4.90 Å². The summed E-state index contributed by atoms with van der Waals surface area (Å²) in [5.41, 5.74) is -1.87. The maximum absolute atomic E-state index is 13.5. The van der Waals surface area contributed by atoms with Crippen molar-refractivity contribution < 1.29 is 23.9 Å². The van der Waals surface area contributed by atoms with Gasteiger partial charge in [-0.3, -0.25) is 19.7 Å². The van der Waals surface area contributed by atoms with Crippen molar-refractivity contribution in [3.63, 3.8) is 0 Å². The van der Waals surface area contributed by atoms with Crippen molar-refractivity contribution in [2.75, 3.05) is 6.54 Å². The fraction of sp³-hybridized carbons (Fsp3) is 0.708. The van der Waals surface area contributed by atoms with Crippen molar-refractivity contribution in [3.8, 4) is 6.19 Å². The number of allylic oxidation sites excluding steroid dienone is 1. The Morgan fingerprint density at radius 2 is 1.97 bits per heavy atom. The zero-order valence-electron chi connectivity index (χ0n) is 20.2. The summed E-state index contributed by atoms with van der Waals surface area (Å²) in [7, 11) is 0. The Morgan fingerprint density at radius 3 is 2.68 bits per heavy atom. The van der Waals surface area contributed by atoms with Gasteiger partial charge in [-0.1, -0.05) is 25.0 Å². The molecule has 1 saturated carbocycles. The molecule has 0 radical (unpaired) electrons. The summed E-state index contributed by atoms with van der Waals surface area (Å²) < 4.78 is 5.35. The lowest BCUT2D eigenvalue weighted by atomic mass is 10.0. The van der Waals surface area contributed by atoms with Gasteiger partial charge in [0.25, 0.3) is 5.91 Å². The van der Waals surface area contributed by atoms with E-state index in [9.17, 15) is 19.2 Å². The van der Waals surface area contributed by atoms with Crippen molar-refractivity contribution in [3.05, 3.63) is 12.2 Å². The van der Waals surface area contributed by atoms with Crippen LogP contribution in [0.4, 0.5) is 4.79 Å². The smallest absolute Gasteiger partial charge is 0.408 e. The molecule has 10 heteroatoms.